The van der Waals surface area contributed by atoms with Crippen LogP contribution in [-0.4, -0.2) is 76.5 Å². The van der Waals surface area contributed by atoms with Crippen LogP contribution in [0.15, 0.2) is 59.1 Å². The molecule has 0 spiro atoms. The molecule has 0 saturated carbocycles. The van der Waals surface area contributed by atoms with Gasteiger partial charge in [-0.05, 0) is 42.7 Å². The Balaban J connectivity index is 1.21. The molecule has 36 heavy (non-hydrogen) atoms. The summed E-state index contributed by atoms with van der Waals surface area (Å²) in [5.41, 5.74) is 1.73. The second-order valence-electron chi connectivity index (χ2n) is 9.20. The number of amides is 2. The maximum absolute atomic E-state index is 13.7. The summed E-state index contributed by atoms with van der Waals surface area (Å²) in [6, 6.07) is 16.6. The minimum absolute atomic E-state index is 0.00400. The number of likely N-dealkylation sites (tertiary alicyclic amines) is 1. The molecule has 3 aromatic rings. The number of carbonyl (C=O) groups excluding carboxylic acids is 2. The van der Waals surface area contributed by atoms with Crippen molar-refractivity contribution in [1.29, 1.82) is 0 Å². The number of piperidine rings is 1. The van der Waals surface area contributed by atoms with Crippen molar-refractivity contribution < 1.29 is 18.8 Å². The number of ether oxygens (including phenoxy) is 1. The number of hydrogen-bond acceptors (Lipinski definition) is 7. The third-order valence-corrected chi connectivity index (χ3v) is 6.88. The van der Waals surface area contributed by atoms with Gasteiger partial charge in [0.1, 0.15) is 11.8 Å². The monoisotopic (exact) mass is 489 g/mol. The molecule has 2 fully saturated rings. The van der Waals surface area contributed by atoms with Gasteiger partial charge in [0.2, 0.25) is 23.5 Å². The van der Waals surface area contributed by atoms with E-state index in [9.17, 15) is 9.59 Å². The van der Waals surface area contributed by atoms with Crippen LogP contribution in [0.3, 0.4) is 0 Å². The van der Waals surface area contributed by atoms with Crippen molar-refractivity contribution in [3.05, 3.63) is 66.1 Å². The number of carbonyl (C=O) groups is 2. The van der Waals surface area contributed by atoms with E-state index in [4.69, 9.17) is 9.26 Å². The molecule has 5 rings (SSSR count). The predicted molar refractivity (Wildman–Crippen MR) is 133 cm³/mol. The number of benzene rings is 2. The van der Waals surface area contributed by atoms with Crippen molar-refractivity contribution in [1.82, 2.24) is 24.8 Å². The van der Waals surface area contributed by atoms with Gasteiger partial charge in [-0.15, -0.1) is 0 Å². The van der Waals surface area contributed by atoms with Crippen LogP contribution in [0.5, 0.6) is 5.75 Å². The maximum Gasteiger partial charge on any atom is 0.250 e. The van der Waals surface area contributed by atoms with Gasteiger partial charge in [-0.1, -0.05) is 35.5 Å². The van der Waals surface area contributed by atoms with E-state index >= 15 is 0 Å². The van der Waals surface area contributed by atoms with Gasteiger partial charge in [-0.3, -0.25) is 14.5 Å². The number of methoxy groups -OCH3 is 1. The highest BCUT2D eigenvalue weighted by molar-refractivity contribution is 5.89. The van der Waals surface area contributed by atoms with Crippen LogP contribution in [0, 0.1) is 0 Å². The van der Waals surface area contributed by atoms with Crippen molar-refractivity contribution in [3.63, 3.8) is 0 Å². The minimum Gasteiger partial charge on any atom is -0.497 e. The lowest BCUT2D eigenvalue weighted by molar-refractivity contribution is -0.149. The molecule has 0 aliphatic carbocycles. The highest BCUT2D eigenvalue weighted by Gasteiger charge is 2.36. The first-order chi connectivity index (χ1) is 17.6. The van der Waals surface area contributed by atoms with Crippen molar-refractivity contribution in [2.45, 2.75) is 31.8 Å². The van der Waals surface area contributed by atoms with E-state index < -0.39 is 6.04 Å². The lowest BCUT2D eigenvalue weighted by Crippen LogP contribution is -2.53. The summed E-state index contributed by atoms with van der Waals surface area (Å²) in [6.45, 7) is 3.71. The molecule has 0 bridgehead atoms. The molecule has 2 amide bonds. The van der Waals surface area contributed by atoms with E-state index in [1.54, 1.807) is 12.0 Å². The van der Waals surface area contributed by atoms with Crippen LogP contribution in [0.2, 0.25) is 0 Å². The lowest BCUT2D eigenvalue weighted by atomic mass is 9.99. The molecular weight excluding hydrogens is 458 g/mol. The fraction of sp³-hybridized carbons (Fsp3) is 0.407. The smallest absolute Gasteiger partial charge is 0.250 e. The van der Waals surface area contributed by atoms with E-state index in [0.29, 0.717) is 57.4 Å². The first kappa shape index (κ1) is 24.0. The molecule has 1 unspecified atom stereocenters. The fourth-order valence-corrected chi connectivity index (χ4v) is 4.86. The van der Waals surface area contributed by atoms with Crippen LogP contribution in [-0.2, 0) is 16.1 Å². The van der Waals surface area contributed by atoms with Gasteiger partial charge in [-0.2, -0.15) is 4.98 Å². The normalized spacial score (nSPS) is 17.8. The quantitative estimate of drug-likeness (QED) is 0.503. The number of nitrogens with zero attached hydrogens (tertiary/aromatic N) is 5. The molecule has 1 aromatic heterocycles. The van der Waals surface area contributed by atoms with E-state index in [2.05, 4.69) is 15.0 Å². The lowest BCUT2D eigenvalue weighted by Gasteiger charge is -2.40. The average Bonchev–Trinajstić information content (AvgIpc) is 3.39. The zero-order valence-electron chi connectivity index (χ0n) is 20.5. The molecule has 0 N–H and O–H groups in total. The van der Waals surface area contributed by atoms with Crippen LogP contribution in [0.25, 0.3) is 11.4 Å². The molecule has 188 valence electrons. The summed E-state index contributed by atoms with van der Waals surface area (Å²) in [4.78, 5) is 36.8. The Kier molecular flexibility index (Phi) is 7.27. The van der Waals surface area contributed by atoms with Gasteiger partial charge in [0, 0.05) is 44.7 Å². The van der Waals surface area contributed by atoms with Crippen molar-refractivity contribution >= 4 is 11.8 Å². The summed E-state index contributed by atoms with van der Waals surface area (Å²) in [5.74, 6) is 1.91. The van der Waals surface area contributed by atoms with Gasteiger partial charge in [0.15, 0.2) is 0 Å². The average molecular weight is 490 g/mol. The number of aromatic nitrogens is 2. The molecule has 1 atom stereocenters. The number of hydrogen-bond donors (Lipinski definition) is 0. The molecule has 2 saturated heterocycles. The third kappa shape index (κ3) is 5.26. The van der Waals surface area contributed by atoms with E-state index in [1.165, 1.54) is 0 Å². The molecule has 2 aromatic carbocycles. The van der Waals surface area contributed by atoms with Crippen LogP contribution >= 0.6 is 0 Å². The second-order valence-corrected chi connectivity index (χ2v) is 9.20. The van der Waals surface area contributed by atoms with E-state index in [-0.39, 0.29) is 11.8 Å². The molecule has 3 heterocycles. The topological polar surface area (TPSA) is 92.0 Å². The van der Waals surface area contributed by atoms with Gasteiger partial charge < -0.3 is 19.1 Å². The number of rotatable bonds is 7. The molecule has 2 aliphatic heterocycles. The van der Waals surface area contributed by atoms with Gasteiger partial charge in [0.05, 0.1) is 13.7 Å². The summed E-state index contributed by atoms with van der Waals surface area (Å²) in [6.07, 6.45) is 2.32. The molecule has 9 nitrogen and oxygen atoms in total. The van der Waals surface area contributed by atoms with Crippen LogP contribution in [0.4, 0.5) is 0 Å². The molecular formula is C27H31N5O4. The Morgan fingerprint density at radius 1 is 1.00 bits per heavy atom. The maximum atomic E-state index is 13.7. The standard InChI is InChI=1S/C27H31N5O4/c1-35-22-12-10-21(11-13-22)26-28-23(36-29-26)19-30-15-17-31(18-16-30)27(34)25(20-7-3-2-4-8-20)32-14-6-5-9-24(32)33/h2-4,7-8,10-13,25H,5-6,9,14-19H2,1H3. The SMILES string of the molecule is COc1ccc(-c2noc(CN3CCN(C(=O)C(c4ccccc4)N4CCCCC4=O)CC3)n2)cc1. The van der Waals surface area contributed by atoms with Gasteiger partial charge in [-0.25, -0.2) is 0 Å². The van der Waals surface area contributed by atoms with Crippen molar-refractivity contribution in [2.75, 3.05) is 39.8 Å². The number of piperazine rings is 1. The first-order valence-corrected chi connectivity index (χ1v) is 12.4. The zero-order valence-corrected chi connectivity index (χ0v) is 20.5. The first-order valence-electron chi connectivity index (χ1n) is 12.4. The highest BCUT2D eigenvalue weighted by Crippen LogP contribution is 2.28. The van der Waals surface area contributed by atoms with Crippen molar-refractivity contribution in [2.24, 2.45) is 0 Å². The highest BCUT2D eigenvalue weighted by atomic mass is 16.5. The summed E-state index contributed by atoms with van der Waals surface area (Å²) < 4.78 is 10.7. The van der Waals surface area contributed by atoms with E-state index in [1.807, 2.05) is 59.5 Å². The zero-order chi connectivity index (χ0) is 24.9. The van der Waals surface area contributed by atoms with Crippen LogP contribution < -0.4 is 4.74 Å². The van der Waals surface area contributed by atoms with Gasteiger partial charge >= 0.3 is 0 Å². The molecule has 2 aliphatic rings. The Morgan fingerprint density at radius 3 is 2.44 bits per heavy atom. The summed E-state index contributed by atoms with van der Waals surface area (Å²) in [5, 5.41) is 4.11. The molecule has 9 heteroatoms. The Morgan fingerprint density at radius 2 is 1.75 bits per heavy atom. The Hall–Kier alpha value is -3.72. The fourth-order valence-electron chi connectivity index (χ4n) is 4.86. The second kappa shape index (κ2) is 10.9. The van der Waals surface area contributed by atoms with Crippen LogP contribution in [0.1, 0.15) is 36.8 Å². The minimum atomic E-state index is -0.562. The molecule has 0 radical (unpaired) electrons. The summed E-state index contributed by atoms with van der Waals surface area (Å²) >= 11 is 0. The predicted octanol–water partition coefficient (Wildman–Crippen LogP) is 3.14. The Bertz CT molecular complexity index is 1170. The third-order valence-electron chi connectivity index (χ3n) is 6.88. The Labute approximate surface area is 210 Å². The van der Waals surface area contributed by atoms with Gasteiger partial charge in [0.25, 0.3) is 0 Å². The largest absolute Gasteiger partial charge is 0.497 e. The summed E-state index contributed by atoms with van der Waals surface area (Å²) in [7, 11) is 1.63. The van der Waals surface area contributed by atoms with Crippen molar-refractivity contribution in [3.8, 4) is 17.1 Å². The van der Waals surface area contributed by atoms with E-state index in [0.717, 1.165) is 29.7 Å².